The van der Waals surface area contributed by atoms with Crippen LogP contribution in [0.1, 0.15) is 46.4 Å². The first-order chi connectivity index (χ1) is 12.6. The van der Waals surface area contributed by atoms with Crippen molar-refractivity contribution in [2.24, 2.45) is 0 Å². The molecule has 0 spiro atoms. The van der Waals surface area contributed by atoms with Crippen LogP contribution in [-0.2, 0) is 6.42 Å². The maximum Gasteiger partial charge on any atom is 0.335 e. The molecule has 0 saturated heterocycles. The Kier molecular flexibility index (Phi) is 5.69. The predicted octanol–water partition coefficient (Wildman–Crippen LogP) is 5.13. The average molecular weight is 347 g/mol. The van der Waals surface area contributed by atoms with E-state index in [4.69, 9.17) is 0 Å². The molecule has 134 valence electrons. The van der Waals surface area contributed by atoms with Gasteiger partial charge >= 0.3 is 5.97 Å². The largest absolute Gasteiger partial charge is 0.478 e. The average Bonchev–Trinajstić information content (AvgIpc) is 2.65. The van der Waals surface area contributed by atoms with E-state index in [1.165, 1.54) is 16.3 Å². The molecule has 0 aliphatic carbocycles. The highest BCUT2D eigenvalue weighted by atomic mass is 16.4. The van der Waals surface area contributed by atoms with Gasteiger partial charge in [-0.05, 0) is 66.8 Å². The quantitative estimate of drug-likeness (QED) is 0.583. The Balaban J connectivity index is 1.63. The van der Waals surface area contributed by atoms with Crippen molar-refractivity contribution in [3.63, 3.8) is 0 Å². The highest BCUT2D eigenvalue weighted by Crippen LogP contribution is 2.24. The maximum absolute atomic E-state index is 11.4. The number of hydrogen-bond acceptors (Lipinski definition) is 2. The first-order valence-corrected chi connectivity index (χ1v) is 9.10. The van der Waals surface area contributed by atoms with Crippen molar-refractivity contribution in [3.8, 4) is 0 Å². The van der Waals surface area contributed by atoms with Gasteiger partial charge in [0.2, 0.25) is 0 Å². The zero-order valence-corrected chi connectivity index (χ0v) is 15.3. The van der Waals surface area contributed by atoms with Gasteiger partial charge in [-0.3, -0.25) is 0 Å². The standard InChI is InChI=1S/C23H25NO2/c1-16-8-5-13-22(23(25)26)19(16)14-7-15-24-17(2)20-12-6-10-18-9-3-4-11-21(18)20/h3-6,8-13,17,24H,7,14-15H2,1-2H3,(H,25,26). The normalized spacial score (nSPS) is 12.2. The van der Waals surface area contributed by atoms with Gasteiger partial charge in [-0.25, -0.2) is 4.79 Å². The Morgan fingerprint density at radius 2 is 1.77 bits per heavy atom. The Morgan fingerprint density at radius 1 is 1.04 bits per heavy atom. The van der Waals surface area contributed by atoms with Crippen LogP contribution in [0.25, 0.3) is 10.8 Å². The summed E-state index contributed by atoms with van der Waals surface area (Å²) in [6, 6.07) is 20.6. The molecule has 0 aliphatic rings. The minimum absolute atomic E-state index is 0.247. The van der Waals surface area contributed by atoms with E-state index in [2.05, 4.69) is 54.7 Å². The number of rotatable bonds is 7. The van der Waals surface area contributed by atoms with Gasteiger partial charge in [-0.15, -0.1) is 0 Å². The number of carboxylic acid groups (broad SMARTS) is 1. The fourth-order valence-electron chi connectivity index (χ4n) is 3.56. The van der Waals surface area contributed by atoms with Crippen LogP contribution in [0, 0.1) is 6.92 Å². The highest BCUT2D eigenvalue weighted by Gasteiger charge is 2.12. The molecule has 1 unspecified atom stereocenters. The third-order valence-electron chi connectivity index (χ3n) is 4.98. The van der Waals surface area contributed by atoms with Crippen molar-refractivity contribution in [2.45, 2.75) is 32.7 Å². The van der Waals surface area contributed by atoms with E-state index in [1.54, 1.807) is 6.07 Å². The van der Waals surface area contributed by atoms with Gasteiger partial charge in [0.1, 0.15) is 0 Å². The van der Waals surface area contributed by atoms with Crippen molar-refractivity contribution in [2.75, 3.05) is 6.54 Å². The fraction of sp³-hybridized carbons (Fsp3) is 0.261. The number of nitrogens with one attached hydrogen (secondary N) is 1. The molecule has 1 atom stereocenters. The first-order valence-electron chi connectivity index (χ1n) is 9.10. The number of carboxylic acids is 1. The highest BCUT2D eigenvalue weighted by molar-refractivity contribution is 5.89. The van der Waals surface area contributed by atoms with Crippen molar-refractivity contribution in [1.29, 1.82) is 0 Å². The van der Waals surface area contributed by atoms with Crippen molar-refractivity contribution >= 4 is 16.7 Å². The zero-order valence-electron chi connectivity index (χ0n) is 15.3. The molecule has 0 aromatic heterocycles. The molecule has 3 nitrogen and oxygen atoms in total. The lowest BCUT2D eigenvalue weighted by atomic mass is 9.97. The Hall–Kier alpha value is -2.65. The Bertz CT molecular complexity index is 912. The lowest BCUT2D eigenvalue weighted by Gasteiger charge is -2.17. The summed E-state index contributed by atoms with van der Waals surface area (Å²) in [5.41, 5.74) is 3.71. The van der Waals surface area contributed by atoms with E-state index < -0.39 is 5.97 Å². The molecule has 0 radical (unpaired) electrons. The Labute approximate surface area is 154 Å². The fourth-order valence-corrected chi connectivity index (χ4v) is 3.56. The van der Waals surface area contributed by atoms with Crippen LogP contribution < -0.4 is 5.32 Å². The predicted molar refractivity (Wildman–Crippen MR) is 107 cm³/mol. The number of benzene rings is 3. The summed E-state index contributed by atoms with van der Waals surface area (Å²) in [7, 11) is 0. The van der Waals surface area contributed by atoms with Gasteiger partial charge in [0.05, 0.1) is 5.56 Å². The molecule has 0 amide bonds. The van der Waals surface area contributed by atoms with Crippen molar-refractivity contribution in [3.05, 3.63) is 82.9 Å². The summed E-state index contributed by atoms with van der Waals surface area (Å²) in [5.74, 6) is -0.846. The van der Waals surface area contributed by atoms with E-state index in [0.717, 1.165) is 30.5 Å². The molecule has 3 aromatic carbocycles. The van der Waals surface area contributed by atoms with Crippen LogP contribution >= 0.6 is 0 Å². The first kappa shape index (κ1) is 18.2. The molecule has 3 heteroatoms. The van der Waals surface area contributed by atoms with Crippen molar-refractivity contribution in [1.82, 2.24) is 5.32 Å². The number of aryl methyl sites for hydroxylation is 1. The number of carbonyl (C=O) groups is 1. The molecule has 0 bridgehead atoms. The summed E-state index contributed by atoms with van der Waals surface area (Å²) < 4.78 is 0. The molecule has 0 heterocycles. The second-order valence-electron chi connectivity index (χ2n) is 6.75. The van der Waals surface area contributed by atoms with Crippen LogP contribution in [0.2, 0.25) is 0 Å². The van der Waals surface area contributed by atoms with Crippen LogP contribution in [0.4, 0.5) is 0 Å². The minimum atomic E-state index is -0.846. The van der Waals surface area contributed by atoms with Gasteiger partial charge in [-0.1, -0.05) is 54.6 Å². The Morgan fingerprint density at radius 3 is 2.58 bits per heavy atom. The number of fused-ring (bicyclic) bond motifs is 1. The molecular formula is C23H25NO2. The van der Waals surface area contributed by atoms with Gasteiger partial charge in [0, 0.05) is 6.04 Å². The van der Waals surface area contributed by atoms with E-state index in [9.17, 15) is 9.90 Å². The third kappa shape index (κ3) is 3.94. The third-order valence-corrected chi connectivity index (χ3v) is 4.98. The van der Waals surface area contributed by atoms with E-state index in [1.807, 2.05) is 19.1 Å². The molecule has 0 saturated carbocycles. The van der Waals surface area contributed by atoms with Crippen LogP contribution in [0.5, 0.6) is 0 Å². The topological polar surface area (TPSA) is 49.3 Å². The van der Waals surface area contributed by atoms with Gasteiger partial charge in [-0.2, -0.15) is 0 Å². The van der Waals surface area contributed by atoms with Crippen LogP contribution in [0.3, 0.4) is 0 Å². The van der Waals surface area contributed by atoms with E-state index >= 15 is 0 Å². The molecule has 0 fully saturated rings. The summed E-state index contributed by atoms with van der Waals surface area (Å²) in [5, 5.41) is 15.5. The lowest BCUT2D eigenvalue weighted by Crippen LogP contribution is -2.21. The van der Waals surface area contributed by atoms with Crippen LogP contribution in [0.15, 0.2) is 60.7 Å². The second kappa shape index (κ2) is 8.15. The zero-order chi connectivity index (χ0) is 18.5. The van der Waals surface area contributed by atoms with Crippen LogP contribution in [-0.4, -0.2) is 17.6 Å². The summed E-state index contributed by atoms with van der Waals surface area (Å²) in [6.07, 6.45) is 1.67. The molecule has 0 aliphatic heterocycles. The minimum Gasteiger partial charge on any atom is -0.478 e. The number of hydrogen-bond donors (Lipinski definition) is 2. The lowest BCUT2D eigenvalue weighted by molar-refractivity contribution is 0.0695. The molecule has 26 heavy (non-hydrogen) atoms. The second-order valence-corrected chi connectivity index (χ2v) is 6.75. The molecule has 2 N–H and O–H groups in total. The monoisotopic (exact) mass is 347 g/mol. The van der Waals surface area contributed by atoms with Gasteiger partial charge < -0.3 is 10.4 Å². The van der Waals surface area contributed by atoms with Gasteiger partial charge in [0.15, 0.2) is 0 Å². The summed E-state index contributed by atoms with van der Waals surface area (Å²) >= 11 is 0. The summed E-state index contributed by atoms with van der Waals surface area (Å²) in [4.78, 5) is 11.4. The maximum atomic E-state index is 11.4. The van der Waals surface area contributed by atoms with E-state index in [0.29, 0.717) is 5.56 Å². The SMILES string of the molecule is Cc1cccc(C(=O)O)c1CCCNC(C)c1cccc2ccccc12. The van der Waals surface area contributed by atoms with Crippen molar-refractivity contribution < 1.29 is 9.90 Å². The summed E-state index contributed by atoms with van der Waals surface area (Å²) in [6.45, 7) is 5.00. The van der Waals surface area contributed by atoms with Gasteiger partial charge in [0.25, 0.3) is 0 Å². The van der Waals surface area contributed by atoms with E-state index in [-0.39, 0.29) is 6.04 Å². The number of aromatic carboxylic acids is 1. The molecule has 3 aromatic rings. The smallest absolute Gasteiger partial charge is 0.335 e. The molecule has 3 rings (SSSR count). The molecular weight excluding hydrogens is 322 g/mol.